The second kappa shape index (κ2) is 7.14. The Balaban J connectivity index is 1.72. The predicted octanol–water partition coefficient (Wildman–Crippen LogP) is -0.0154. The molecule has 0 radical (unpaired) electrons. The maximum atomic E-state index is 11.7. The number of pyridine rings is 1. The standard InChI is InChI=1S/C14H19N3O4/c1-9-4-5-15-12(6-9)17-14(20)3-2-13(19)16-10-7-21-8-11(10)18/h4-6,10-11,18H,2-3,7-8H2,1H3,(H,16,19)(H,15,17,20)/t10-,11-/m0/s1. The molecule has 1 aliphatic heterocycles. The van der Waals surface area contributed by atoms with Crippen LogP contribution in [0.4, 0.5) is 5.82 Å². The van der Waals surface area contributed by atoms with Gasteiger partial charge in [-0.25, -0.2) is 4.98 Å². The van der Waals surface area contributed by atoms with Crippen LogP contribution < -0.4 is 10.6 Å². The molecule has 21 heavy (non-hydrogen) atoms. The lowest BCUT2D eigenvalue weighted by Crippen LogP contribution is -2.42. The summed E-state index contributed by atoms with van der Waals surface area (Å²) in [7, 11) is 0. The largest absolute Gasteiger partial charge is 0.388 e. The smallest absolute Gasteiger partial charge is 0.226 e. The molecule has 1 fully saturated rings. The zero-order valence-electron chi connectivity index (χ0n) is 11.8. The maximum absolute atomic E-state index is 11.7. The minimum absolute atomic E-state index is 0.0564. The number of aliphatic hydroxyl groups excluding tert-OH is 1. The Morgan fingerprint density at radius 2 is 2.14 bits per heavy atom. The zero-order valence-corrected chi connectivity index (χ0v) is 11.8. The normalized spacial score (nSPS) is 21.0. The van der Waals surface area contributed by atoms with Crippen LogP contribution in [0, 0.1) is 6.92 Å². The van der Waals surface area contributed by atoms with Crippen LogP contribution >= 0.6 is 0 Å². The molecule has 1 aromatic rings. The van der Waals surface area contributed by atoms with E-state index in [0.717, 1.165) is 5.56 Å². The number of carbonyl (C=O) groups is 2. The van der Waals surface area contributed by atoms with Crippen molar-refractivity contribution >= 4 is 17.6 Å². The lowest BCUT2D eigenvalue weighted by molar-refractivity contribution is -0.125. The van der Waals surface area contributed by atoms with Gasteiger partial charge in [-0.15, -0.1) is 0 Å². The van der Waals surface area contributed by atoms with Crippen LogP contribution in [0.25, 0.3) is 0 Å². The number of aromatic nitrogens is 1. The molecule has 0 saturated carbocycles. The Morgan fingerprint density at radius 1 is 1.38 bits per heavy atom. The van der Waals surface area contributed by atoms with E-state index in [1.165, 1.54) is 0 Å². The number of hydrogen-bond acceptors (Lipinski definition) is 5. The van der Waals surface area contributed by atoms with Crippen molar-refractivity contribution in [3.8, 4) is 0 Å². The molecule has 0 unspecified atom stereocenters. The average molecular weight is 293 g/mol. The summed E-state index contributed by atoms with van der Waals surface area (Å²) in [4.78, 5) is 27.4. The third-order valence-corrected chi connectivity index (χ3v) is 3.16. The Hall–Kier alpha value is -1.99. The second-order valence-corrected chi connectivity index (χ2v) is 5.05. The van der Waals surface area contributed by atoms with E-state index in [2.05, 4.69) is 15.6 Å². The first kappa shape index (κ1) is 15.4. The molecule has 2 atom stereocenters. The zero-order chi connectivity index (χ0) is 15.2. The van der Waals surface area contributed by atoms with Crippen LogP contribution in [-0.2, 0) is 14.3 Å². The van der Waals surface area contributed by atoms with Crippen molar-refractivity contribution < 1.29 is 19.4 Å². The lowest BCUT2D eigenvalue weighted by Gasteiger charge is -2.14. The molecule has 1 aliphatic rings. The molecule has 0 aliphatic carbocycles. The van der Waals surface area contributed by atoms with Gasteiger partial charge in [0.2, 0.25) is 11.8 Å². The Kier molecular flexibility index (Phi) is 5.24. The molecule has 2 amide bonds. The second-order valence-electron chi connectivity index (χ2n) is 5.05. The van der Waals surface area contributed by atoms with E-state index in [1.54, 1.807) is 12.3 Å². The number of aliphatic hydroxyl groups is 1. The molecular formula is C14H19N3O4. The van der Waals surface area contributed by atoms with Crippen LogP contribution in [0.15, 0.2) is 18.3 Å². The fourth-order valence-corrected chi connectivity index (χ4v) is 2.00. The topological polar surface area (TPSA) is 101 Å². The molecule has 114 valence electrons. The van der Waals surface area contributed by atoms with Crippen LogP contribution in [0.3, 0.4) is 0 Å². The summed E-state index contributed by atoms with van der Waals surface area (Å²) >= 11 is 0. The Bertz CT molecular complexity index is 521. The number of ether oxygens (including phenoxy) is 1. The summed E-state index contributed by atoms with van der Waals surface area (Å²) in [6.45, 7) is 2.43. The highest BCUT2D eigenvalue weighted by molar-refractivity contribution is 5.92. The van der Waals surface area contributed by atoms with Gasteiger partial charge >= 0.3 is 0 Å². The van der Waals surface area contributed by atoms with Gasteiger partial charge in [0.15, 0.2) is 0 Å². The minimum Gasteiger partial charge on any atom is -0.388 e. The SMILES string of the molecule is Cc1ccnc(NC(=O)CCC(=O)N[C@H]2COC[C@@H]2O)c1. The molecule has 3 N–H and O–H groups in total. The quantitative estimate of drug-likeness (QED) is 0.708. The first-order valence-electron chi connectivity index (χ1n) is 6.82. The van der Waals surface area contributed by atoms with Gasteiger partial charge < -0.3 is 20.5 Å². The molecule has 0 aromatic carbocycles. The van der Waals surface area contributed by atoms with Gasteiger partial charge in [0.05, 0.1) is 25.4 Å². The van der Waals surface area contributed by atoms with Gasteiger partial charge in [-0.3, -0.25) is 9.59 Å². The monoisotopic (exact) mass is 293 g/mol. The summed E-state index contributed by atoms with van der Waals surface area (Å²) in [5.74, 6) is -0.0802. The van der Waals surface area contributed by atoms with Gasteiger partial charge in [-0.1, -0.05) is 0 Å². The fourth-order valence-electron chi connectivity index (χ4n) is 2.00. The average Bonchev–Trinajstić information content (AvgIpc) is 2.82. The number of anilines is 1. The molecule has 2 heterocycles. The van der Waals surface area contributed by atoms with Crippen molar-refractivity contribution in [2.75, 3.05) is 18.5 Å². The van der Waals surface area contributed by atoms with Gasteiger partial charge in [-0.05, 0) is 24.6 Å². The number of amides is 2. The van der Waals surface area contributed by atoms with Crippen molar-refractivity contribution in [3.05, 3.63) is 23.9 Å². The van der Waals surface area contributed by atoms with Gasteiger partial charge in [0.1, 0.15) is 5.82 Å². The number of hydrogen-bond donors (Lipinski definition) is 3. The summed E-state index contributed by atoms with van der Waals surface area (Å²) in [6, 6.07) is 3.20. The first-order valence-corrected chi connectivity index (χ1v) is 6.82. The number of carbonyl (C=O) groups excluding carboxylic acids is 2. The number of nitrogens with one attached hydrogen (secondary N) is 2. The van der Waals surface area contributed by atoms with Crippen molar-refractivity contribution in [1.82, 2.24) is 10.3 Å². The highest BCUT2D eigenvalue weighted by Gasteiger charge is 2.27. The number of aryl methyl sites for hydroxylation is 1. The van der Waals surface area contributed by atoms with E-state index in [9.17, 15) is 14.7 Å². The van der Waals surface area contributed by atoms with Crippen molar-refractivity contribution in [2.45, 2.75) is 31.9 Å². The highest BCUT2D eigenvalue weighted by atomic mass is 16.5. The fraction of sp³-hybridized carbons (Fsp3) is 0.500. The third kappa shape index (κ3) is 4.80. The van der Waals surface area contributed by atoms with Gasteiger partial charge in [0.25, 0.3) is 0 Å². The third-order valence-electron chi connectivity index (χ3n) is 3.16. The maximum Gasteiger partial charge on any atom is 0.226 e. The van der Waals surface area contributed by atoms with E-state index < -0.39 is 6.10 Å². The number of nitrogens with zero attached hydrogens (tertiary/aromatic N) is 1. The van der Waals surface area contributed by atoms with Crippen LogP contribution in [-0.4, -0.2) is 47.3 Å². The van der Waals surface area contributed by atoms with E-state index in [-0.39, 0.29) is 37.3 Å². The first-order chi connectivity index (χ1) is 10.0. The summed E-state index contributed by atoms with van der Waals surface area (Å²) in [6.07, 6.45) is 1.05. The molecule has 1 saturated heterocycles. The summed E-state index contributed by atoms with van der Waals surface area (Å²) in [5, 5.41) is 14.8. The van der Waals surface area contributed by atoms with E-state index >= 15 is 0 Å². The van der Waals surface area contributed by atoms with Crippen LogP contribution in [0.5, 0.6) is 0 Å². The molecular weight excluding hydrogens is 274 g/mol. The molecule has 2 rings (SSSR count). The van der Waals surface area contributed by atoms with E-state index in [0.29, 0.717) is 12.4 Å². The van der Waals surface area contributed by atoms with Crippen molar-refractivity contribution in [3.63, 3.8) is 0 Å². The summed E-state index contributed by atoms with van der Waals surface area (Å²) < 4.78 is 5.03. The van der Waals surface area contributed by atoms with E-state index in [4.69, 9.17) is 4.74 Å². The predicted molar refractivity (Wildman–Crippen MR) is 75.6 cm³/mol. The van der Waals surface area contributed by atoms with Crippen molar-refractivity contribution in [2.24, 2.45) is 0 Å². The molecule has 7 nitrogen and oxygen atoms in total. The number of rotatable bonds is 5. The summed E-state index contributed by atoms with van der Waals surface area (Å²) in [5.41, 5.74) is 0.994. The van der Waals surface area contributed by atoms with Crippen molar-refractivity contribution in [1.29, 1.82) is 0 Å². The minimum atomic E-state index is -0.681. The molecule has 7 heteroatoms. The molecule has 0 bridgehead atoms. The Morgan fingerprint density at radius 3 is 2.81 bits per heavy atom. The molecule has 0 spiro atoms. The van der Waals surface area contributed by atoms with Crippen LogP contribution in [0.1, 0.15) is 18.4 Å². The highest BCUT2D eigenvalue weighted by Crippen LogP contribution is 2.07. The lowest BCUT2D eigenvalue weighted by atomic mass is 10.2. The van der Waals surface area contributed by atoms with Crippen LogP contribution in [0.2, 0.25) is 0 Å². The Labute approximate surface area is 122 Å². The molecule has 1 aromatic heterocycles. The van der Waals surface area contributed by atoms with E-state index in [1.807, 2.05) is 13.0 Å². The van der Waals surface area contributed by atoms with Gasteiger partial charge in [0, 0.05) is 19.0 Å². The van der Waals surface area contributed by atoms with Gasteiger partial charge in [-0.2, -0.15) is 0 Å².